The minimum absolute atomic E-state index is 0.0981. The van der Waals surface area contributed by atoms with Crippen LogP contribution in [-0.2, 0) is 14.3 Å². The maximum atomic E-state index is 13.2. The SMILES string of the molecule is C=CCN1C(=S)N(c2ccc(OC)cc2)C(=O)C1CC(=O)Nc1ccc(C(=O)OCC)cc1. The molecule has 1 atom stereocenters. The Labute approximate surface area is 197 Å². The Hall–Kier alpha value is -3.72. The van der Waals surface area contributed by atoms with Crippen molar-refractivity contribution < 1.29 is 23.9 Å². The van der Waals surface area contributed by atoms with Gasteiger partial charge in [-0.3, -0.25) is 14.5 Å². The highest BCUT2D eigenvalue weighted by Gasteiger charge is 2.43. The summed E-state index contributed by atoms with van der Waals surface area (Å²) in [5, 5.41) is 3.07. The number of rotatable bonds is 9. The van der Waals surface area contributed by atoms with Crippen molar-refractivity contribution in [3.05, 3.63) is 66.7 Å². The number of nitrogens with one attached hydrogen (secondary N) is 1. The van der Waals surface area contributed by atoms with Crippen LogP contribution in [0.25, 0.3) is 0 Å². The number of hydrogen-bond acceptors (Lipinski definition) is 6. The summed E-state index contributed by atoms with van der Waals surface area (Å²) in [6.45, 7) is 6.07. The van der Waals surface area contributed by atoms with Crippen LogP contribution in [-0.4, -0.2) is 54.1 Å². The highest BCUT2D eigenvalue weighted by atomic mass is 32.1. The number of hydrogen-bond donors (Lipinski definition) is 1. The second-order valence-electron chi connectivity index (χ2n) is 7.16. The van der Waals surface area contributed by atoms with Gasteiger partial charge in [0.1, 0.15) is 11.8 Å². The van der Waals surface area contributed by atoms with Crippen LogP contribution in [0.4, 0.5) is 11.4 Å². The lowest BCUT2D eigenvalue weighted by atomic mass is 10.1. The van der Waals surface area contributed by atoms with Crippen molar-refractivity contribution in [1.29, 1.82) is 0 Å². The van der Waals surface area contributed by atoms with E-state index < -0.39 is 12.0 Å². The van der Waals surface area contributed by atoms with E-state index in [4.69, 9.17) is 21.7 Å². The molecule has 9 heteroatoms. The van der Waals surface area contributed by atoms with Crippen LogP contribution in [0.2, 0.25) is 0 Å². The number of anilines is 2. The molecule has 172 valence electrons. The predicted octanol–water partition coefficient (Wildman–Crippen LogP) is 3.39. The van der Waals surface area contributed by atoms with Crippen LogP contribution < -0.4 is 15.0 Å². The van der Waals surface area contributed by atoms with Crippen LogP contribution in [0.5, 0.6) is 5.75 Å². The molecule has 1 aliphatic rings. The zero-order valence-electron chi connectivity index (χ0n) is 18.4. The predicted molar refractivity (Wildman–Crippen MR) is 129 cm³/mol. The third kappa shape index (κ3) is 5.38. The summed E-state index contributed by atoms with van der Waals surface area (Å²) in [7, 11) is 1.56. The highest BCUT2D eigenvalue weighted by Crippen LogP contribution is 2.28. The zero-order valence-corrected chi connectivity index (χ0v) is 19.3. The number of amides is 2. The van der Waals surface area contributed by atoms with Gasteiger partial charge in [-0.15, -0.1) is 6.58 Å². The topological polar surface area (TPSA) is 88.2 Å². The lowest BCUT2D eigenvalue weighted by molar-refractivity contribution is -0.124. The minimum Gasteiger partial charge on any atom is -0.497 e. The smallest absolute Gasteiger partial charge is 0.338 e. The van der Waals surface area contributed by atoms with Crippen molar-refractivity contribution in [2.24, 2.45) is 0 Å². The van der Waals surface area contributed by atoms with E-state index in [0.717, 1.165) is 0 Å². The Morgan fingerprint density at radius 2 is 1.82 bits per heavy atom. The van der Waals surface area contributed by atoms with Gasteiger partial charge in [-0.05, 0) is 67.7 Å². The second kappa shape index (κ2) is 10.7. The summed E-state index contributed by atoms with van der Waals surface area (Å²) in [6.07, 6.45) is 1.54. The lowest BCUT2D eigenvalue weighted by Gasteiger charge is -2.22. The molecule has 1 unspecified atom stereocenters. The van der Waals surface area contributed by atoms with Crippen LogP contribution in [0.15, 0.2) is 61.2 Å². The first-order chi connectivity index (χ1) is 15.9. The fourth-order valence-electron chi connectivity index (χ4n) is 3.44. The quantitative estimate of drug-likeness (QED) is 0.344. The zero-order chi connectivity index (χ0) is 24.0. The number of carbonyl (C=O) groups excluding carboxylic acids is 3. The first-order valence-electron chi connectivity index (χ1n) is 10.4. The molecular weight excluding hydrogens is 442 g/mol. The third-order valence-electron chi connectivity index (χ3n) is 5.03. The Balaban J connectivity index is 1.73. The summed E-state index contributed by atoms with van der Waals surface area (Å²) in [6, 6.07) is 12.5. The third-order valence-corrected chi connectivity index (χ3v) is 5.45. The van der Waals surface area contributed by atoms with Gasteiger partial charge in [0.15, 0.2) is 5.11 Å². The molecule has 8 nitrogen and oxygen atoms in total. The van der Waals surface area contributed by atoms with Crippen molar-refractivity contribution in [3.8, 4) is 5.75 Å². The molecule has 1 saturated heterocycles. The highest BCUT2D eigenvalue weighted by molar-refractivity contribution is 7.80. The fourth-order valence-corrected chi connectivity index (χ4v) is 3.84. The van der Waals surface area contributed by atoms with E-state index in [1.165, 1.54) is 4.90 Å². The Morgan fingerprint density at radius 3 is 2.39 bits per heavy atom. The average Bonchev–Trinajstić information content (AvgIpc) is 3.04. The van der Waals surface area contributed by atoms with Gasteiger partial charge in [0.2, 0.25) is 5.91 Å². The van der Waals surface area contributed by atoms with E-state index in [9.17, 15) is 14.4 Å². The van der Waals surface area contributed by atoms with E-state index >= 15 is 0 Å². The van der Waals surface area contributed by atoms with Gasteiger partial charge < -0.3 is 19.7 Å². The van der Waals surface area contributed by atoms with Gasteiger partial charge in [0, 0.05) is 12.2 Å². The monoisotopic (exact) mass is 467 g/mol. The van der Waals surface area contributed by atoms with Gasteiger partial charge in [-0.2, -0.15) is 0 Å². The molecule has 0 aromatic heterocycles. The number of nitrogens with zero attached hydrogens (tertiary/aromatic N) is 2. The van der Waals surface area contributed by atoms with Gasteiger partial charge in [0.25, 0.3) is 5.91 Å². The first kappa shape index (κ1) is 23.9. The summed E-state index contributed by atoms with van der Waals surface area (Å²) in [5.41, 5.74) is 1.49. The molecule has 2 amide bonds. The summed E-state index contributed by atoms with van der Waals surface area (Å²) >= 11 is 5.54. The molecule has 1 N–H and O–H groups in total. The van der Waals surface area contributed by atoms with Gasteiger partial charge in [0.05, 0.1) is 31.4 Å². The van der Waals surface area contributed by atoms with Gasteiger partial charge in [-0.1, -0.05) is 6.08 Å². The Kier molecular flexibility index (Phi) is 7.78. The lowest BCUT2D eigenvalue weighted by Crippen LogP contribution is -2.37. The number of thiocarbonyl (C=S) groups is 1. The number of benzene rings is 2. The van der Waals surface area contributed by atoms with Crippen LogP contribution in [0.1, 0.15) is 23.7 Å². The van der Waals surface area contributed by atoms with Crippen molar-refractivity contribution in [3.63, 3.8) is 0 Å². The molecule has 3 rings (SSSR count). The normalized spacial score (nSPS) is 15.4. The molecule has 0 aliphatic carbocycles. The largest absolute Gasteiger partial charge is 0.497 e. The number of carbonyl (C=O) groups is 3. The molecule has 0 spiro atoms. The van der Waals surface area contributed by atoms with Crippen LogP contribution in [0.3, 0.4) is 0 Å². The van der Waals surface area contributed by atoms with Crippen LogP contribution >= 0.6 is 12.2 Å². The summed E-state index contributed by atoms with van der Waals surface area (Å²) < 4.78 is 10.1. The molecule has 33 heavy (non-hydrogen) atoms. The van der Waals surface area contributed by atoms with Crippen molar-refractivity contribution >= 4 is 46.5 Å². The fraction of sp³-hybridized carbons (Fsp3) is 0.250. The standard InChI is InChI=1S/C24H25N3O5S/c1-4-14-26-20(22(29)27(24(26)33)18-10-12-19(31-3)13-11-18)15-21(28)25-17-8-6-16(7-9-17)23(30)32-5-2/h4,6-13,20H,1,5,14-15H2,2-3H3,(H,25,28). The van der Waals surface area contributed by atoms with Crippen molar-refractivity contribution in [2.45, 2.75) is 19.4 Å². The molecular formula is C24H25N3O5S. The Morgan fingerprint density at radius 1 is 1.15 bits per heavy atom. The van der Waals surface area contributed by atoms with Crippen molar-refractivity contribution in [2.75, 3.05) is 30.5 Å². The van der Waals surface area contributed by atoms with E-state index in [2.05, 4.69) is 11.9 Å². The van der Waals surface area contributed by atoms with E-state index in [-0.39, 0.29) is 24.8 Å². The molecule has 1 heterocycles. The average molecular weight is 468 g/mol. The molecule has 2 aromatic rings. The minimum atomic E-state index is -0.767. The number of ether oxygens (including phenoxy) is 2. The van der Waals surface area contributed by atoms with Gasteiger partial charge in [-0.25, -0.2) is 4.79 Å². The summed E-state index contributed by atoms with van der Waals surface area (Å²) in [4.78, 5) is 40.8. The molecule has 0 saturated carbocycles. The summed E-state index contributed by atoms with van der Waals surface area (Å²) in [5.74, 6) is -0.422. The maximum absolute atomic E-state index is 13.2. The molecule has 1 fully saturated rings. The number of esters is 1. The molecule has 1 aliphatic heterocycles. The Bertz CT molecular complexity index is 1050. The van der Waals surface area contributed by atoms with E-state index in [1.807, 2.05) is 0 Å². The molecule has 2 aromatic carbocycles. The van der Waals surface area contributed by atoms with Gasteiger partial charge >= 0.3 is 5.97 Å². The van der Waals surface area contributed by atoms with E-state index in [0.29, 0.717) is 34.3 Å². The second-order valence-corrected chi connectivity index (χ2v) is 7.53. The van der Waals surface area contributed by atoms with E-state index in [1.54, 1.807) is 73.5 Å². The van der Waals surface area contributed by atoms with Crippen LogP contribution in [0, 0.1) is 0 Å². The molecule has 0 radical (unpaired) electrons. The first-order valence-corrected chi connectivity index (χ1v) is 10.8. The van der Waals surface area contributed by atoms with Crippen molar-refractivity contribution in [1.82, 2.24) is 4.90 Å². The maximum Gasteiger partial charge on any atom is 0.338 e. The number of methoxy groups -OCH3 is 1. The molecule has 0 bridgehead atoms.